The summed E-state index contributed by atoms with van der Waals surface area (Å²) in [5.41, 5.74) is 1.29. The number of fused-ring (bicyclic) bond motifs is 1. The number of carbonyl (C=O) groups excluding carboxylic acids is 2. The molecule has 1 aliphatic rings. The van der Waals surface area contributed by atoms with E-state index >= 15 is 0 Å². The number of halogens is 1. The van der Waals surface area contributed by atoms with Crippen molar-refractivity contribution in [3.05, 3.63) is 46.9 Å². The van der Waals surface area contributed by atoms with Crippen LogP contribution in [0, 0.1) is 5.92 Å². The number of hydrogen-bond acceptors (Lipinski definition) is 7. The second kappa shape index (κ2) is 10.5. The third kappa shape index (κ3) is 5.81. The molecule has 0 radical (unpaired) electrons. The van der Waals surface area contributed by atoms with Crippen molar-refractivity contribution in [2.75, 3.05) is 18.4 Å². The number of sulfonamides is 1. The van der Waals surface area contributed by atoms with Gasteiger partial charge in [-0.3, -0.25) is 14.5 Å². The molecule has 2 aromatic carbocycles. The van der Waals surface area contributed by atoms with Gasteiger partial charge in [0, 0.05) is 22.1 Å². The number of nitrogens with zero attached hydrogens (tertiary/aromatic N) is 3. The minimum Gasteiger partial charge on any atom is -0.493 e. The van der Waals surface area contributed by atoms with Gasteiger partial charge in [0.25, 0.3) is 5.91 Å². The highest BCUT2D eigenvalue weighted by Crippen LogP contribution is 2.36. The van der Waals surface area contributed by atoms with Crippen molar-refractivity contribution in [1.82, 2.24) is 9.88 Å². The maximum Gasteiger partial charge on any atom is 0.269 e. The van der Waals surface area contributed by atoms with Crippen LogP contribution in [0.15, 0.2) is 62.1 Å². The number of nitrogens with two attached hydrogens (primary N) is 1. The van der Waals surface area contributed by atoms with Crippen LogP contribution >= 0.6 is 15.9 Å². The number of benzene rings is 2. The van der Waals surface area contributed by atoms with Crippen molar-refractivity contribution < 1.29 is 23.1 Å². The number of likely N-dealkylation sites (tertiary alicyclic amines) is 1. The molecule has 4 rings (SSSR count). The van der Waals surface area contributed by atoms with Crippen molar-refractivity contribution in [3.8, 4) is 5.88 Å². The van der Waals surface area contributed by atoms with Gasteiger partial charge in [-0.2, -0.15) is 0 Å². The molecule has 0 aliphatic carbocycles. The Morgan fingerprint density at radius 1 is 1.25 bits per heavy atom. The molecule has 2 atom stereocenters. The van der Waals surface area contributed by atoms with E-state index in [9.17, 15) is 23.1 Å². The predicted octanol–water partition coefficient (Wildman–Crippen LogP) is 3.63. The summed E-state index contributed by atoms with van der Waals surface area (Å²) in [5.74, 6) is -1.32. The Balaban J connectivity index is 1.39. The Hall–Kier alpha value is -3.13. The summed E-state index contributed by atoms with van der Waals surface area (Å²) in [6.07, 6.45) is 1.32. The molecule has 2 unspecified atom stereocenters. The van der Waals surface area contributed by atoms with E-state index in [2.05, 4.69) is 36.5 Å². The number of nitrogens with one attached hydrogen (secondary N) is 2. The summed E-state index contributed by atoms with van der Waals surface area (Å²) in [7, 11) is -3.82. The number of aromatic amines is 1. The smallest absolute Gasteiger partial charge is 0.269 e. The highest BCUT2D eigenvalue weighted by molar-refractivity contribution is 9.10. The molecule has 1 aromatic heterocycles. The van der Waals surface area contributed by atoms with Crippen LogP contribution in [0.25, 0.3) is 10.9 Å². The standard InChI is InChI=1S/C23H25BrN6O5S/c1-13(21(31)26-16-5-7-17(8-6-16)36(25,34)35)30-10-2-3-14(12-30)22(32)29-28-20-18-9-4-15(24)11-19(18)27-23(20)33/h4-9,11,13-14,27,33H,2-3,10,12H2,1H3,(H,26,31)(H2,25,34,35). The maximum absolute atomic E-state index is 12.8. The minimum absolute atomic E-state index is 0.0473. The van der Waals surface area contributed by atoms with E-state index < -0.39 is 27.9 Å². The Kier molecular flexibility index (Phi) is 7.54. The first kappa shape index (κ1) is 25.9. The molecule has 0 bridgehead atoms. The number of piperidine rings is 1. The summed E-state index contributed by atoms with van der Waals surface area (Å²) in [5, 5.41) is 26.5. The molecule has 1 aliphatic heterocycles. The van der Waals surface area contributed by atoms with Gasteiger partial charge in [-0.05, 0) is 68.8 Å². The van der Waals surface area contributed by atoms with Crippen LogP contribution in [0.2, 0.25) is 0 Å². The molecule has 1 saturated heterocycles. The van der Waals surface area contributed by atoms with Gasteiger partial charge >= 0.3 is 0 Å². The molecule has 2 heterocycles. The highest BCUT2D eigenvalue weighted by atomic mass is 79.9. The van der Waals surface area contributed by atoms with Crippen LogP contribution in [0.1, 0.15) is 19.8 Å². The molecular formula is C23H25BrN6O5S. The molecule has 190 valence electrons. The third-order valence-electron chi connectivity index (χ3n) is 6.14. The molecule has 2 amide bonds. The van der Waals surface area contributed by atoms with Crippen LogP contribution < -0.4 is 10.5 Å². The number of primary sulfonamides is 1. The SMILES string of the molecule is CC(C(=O)Nc1ccc(S(N)(=O)=O)cc1)N1CCCC(C(=O)N=Nc2c(O)[nH]c3cc(Br)ccc23)C1. The lowest BCUT2D eigenvalue weighted by molar-refractivity contribution is -0.127. The van der Waals surface area contributed by atoms with Crippen LogP contribution in [0.4, 0.5) is 11.4 Å². The first-order chi connectivity index (χ1) is 17.0. The van der Waals surface area contributed by atoms with E-state index in [0.29, 0.717) is 42.5 Å². The number of anilines is 1. The Morgan fingerprint density at radius 2 is 1.97 bits per heavy atom. The first-order valence-corrected chi connectivity index (χ1v) is 13.5. The summed E-state index contributed by atoms with van der Waals surface area (Å²) >= 11 is 3.37. The topological polar surface area (TPSA) is 170 Å². The fourth-order valence-corrected chi connectivity index (χ4v) is 5.00. The number of carbonyl (C=O) groups is 2. The van der Waals surface area contributed by atoms with E-state index in [-0.39, 0.29) is 22.4 Å². The molecule has 1 fully saturated rings. The summed E-state index contributed by atoms with van der Waals surface area (Å²) in [4.78, 5) is 30.2. The zero-order valence-corrected chi connectivity index (χ0v) is 21.7. The normalized spacial score (nSPS) is 17.9. The fourth-order valence-electron chi connectivity index (χ4n) is 4.12. The van der Waals surface area contributed by atoms with E-state index in [1.807, 2.05) is 4.90 Å². The van der Waals surface area contributed by atoms with Crippen LogP contribution in [-0.2, 0) is 19.6 Å². The van der Waals surface area contributed by atoms with Crippen LogP contribution in [0.5, 0.6) is 5.88 Å². The van der Waals surface area contributed by atoms with Gasteiger partial charge in [0.2, 0.25) is 21.8 Å². The predicted molar refractivity (Wildman–Crippen MR) is 137 cm³/mol. The van der Waals surface area contributed by atoms with Crippen molar-refractivity contribution in [1.29, 1.82) is 0 Å². The average Bonchev–Trinajstić information content (AvgIpc) is 3.15. The molecule has 11 nitrogen and oxygen atoms in total. The Labute approximate surface area is 215 Å². The molecule has 3 aromatic rings. The first-order valence-electron chi connectivity index (χ1n) is 11.2. The minimum atomic E-state index is -3.82. The van der Waals surface area contributed by atoms with Crippen molar-refractivity contribution in [2.24, 2.45) is 21.3 Å². The quantitative estimate of drug-likeness (QED) is 0.326. The summed E-state index contributed by atoms with van der Waals surface area (Å²) in [6.45, 7) is 2.71. The van der Waals surface area contributed by atoms with E-state index in [4.69, 9.17) is 5.14 Å². The lowest BCUT2D eigenvalue weighted by atomic mass is 9.96. The number of aromatic nitrogens is 1. The number of hydrogen-bond donors (Lipinski definition) is 4. The van der Waals surface area contributed by atoms with Crippen molar-refractivity contribution in [2.45, 2.75) is 30.7 Å². The van der Waals surface area contributed by atoms with Gasteiger partial charge in [-0.15, -0.1) is 10.2 Å². The van der Waals surface area contributed by atoms with Crippen molar-refractivity contribution >= 4 is 60.0 Å². The van der Waals surface area contributed by atoms with Gasteiger partial charge in [0.05, 0.1) is 22.4 Å². The molecule has 0 saturated carbocycles. The lowest BCUT2D eigenvalue weighted by Crippen LogP contribution is -2.48. The second-order valence-electron chi connectivity index (χ2n) is 8.62. The molecule has 36 heavy (non-hydrogen) atoms. The highest BCUT2D eigenvalue weighted by Gasteiger charge is 2.31. The number of amides is 2. The average molecular weight is 577 g/mol. The third-order valence-corrected chi connectivity index (χ3v) is 7.56. The van der Waals surface area contributed by atoms with Crippen molar-refractivity contribution in [3.63, 3.8) is 0 Å². The zero-order chi connectivity index (χ0) is 26.0. The zero-order valence-electron chi connectivity index (χ0n) is 19.3. The molecule has 5 N–H and O–H groups in total. The summed E-state index contributed by atoms with van der Waals surface area (Å²) < 4.78 is 23.6. The molecular weight excluding hydrogens is 552 g/mol. The lowest BCUT2D eigenvalue weighted by Gasteiger charge is -2.34. The molecule has 13 heteroatoms. The second-order valence-corrected chi connectivity index (χ2v) is 11.1. The Morgan fingerprint density at radius 3 is 2.67 bits per heavy atom. The molecule has 0 spiro atoms. The van der Waals surface area contributed by atoms with Gasteiger partial charge < -0.3 is 15.4 Å². The number of aromatic hydroxyl groups is 1. The van der Waals surface area contributed by atoms with Gasteiger partial charge in [0.15, 0.2) is 5.69 Å². The number of azo groups is 1. The monoisotopic (exact) mass is 576 g/mol. The van der Waals surface area contributed by atoms with Crippen LogP contribution in [-0.4, -0.2) is 54.4 Å². The number of rotatable bonds is 6. The van der Waals surface area contributed by atoms with E-state index in [0.717, 1.165) is 4.47 Å². The Bertz CT molecular complexity index is 1440. The van der Waals surface area contributed by atoms with E-state index in [1.54, 1.807) is 25.1 Å². The van der Waals surface area contributed by atoms with Gasteiger partial charge in [0.1, 0.15) is 0 Å². The fraction of sp³-hybridized carbons (Fsp3) is 0.304. The van der Waals surface area contributed by atoms with Gasteiger partial charge in [-0.25, -0.2) is 13.6 Å². The van der Waals surface area contributed by atoms with Crippen LogP contribution in [0.3, 0.4) is 0 Å². The van der Waals surface area contributed by atoms with E-state index in [1.165, 1.54) is 24.3 Å². The maximum atomic E-state index is 12.8. The largest absolute Gasteiger partial charge is 0.493 e. The van der Waals surface area contributed by atoms with Gasteiger partial charge in [-0.1, -0.05) is 15.9 Å². The summed E-state index contributed by atoms with van der Waals surface area (Å²) in [6, 6.07) is 10.4. The number of H-pyrrole nitrogens is 1.